The van der Waals surface area contributed by atoms with E-state index >= 15 is 0 Å². The molecule has 0 unspecified atom stereocenters. The number of sulfonamides is 1. The molecule has 1 N–H and O–H groups in total. The molecule has 0 atom stereocenters. The van der Waals surface area contributed by atoms with Gasteiger partial charge in [0.15, 0.2) is 0 Å². The number of nitrogens with zero attached hydrogens (tertiary/aromatic N) is 1. The zero-order valence-electron chi connectivity index (χ0n) is 11.7. The predicted octanol–water partition coefficient (Wildman–Crippen LogP) is 1.44. The van der Waals surface area contributed by atoms with E-state index < -0.39 is 10.0 Å². The average molecular weight is 292 g/mol. The summed E-state index contributed by atoms with van der Waals surface area (Å²) in [5, 5.41) is 3.02. The molecule has 1 saturated carbocycles. The second kappa shape index (κ2) is 6.40. The summed E-state index contributed by atoms with van der Waals surface area (Å²) in [6.07, 6.45) is 7.50. The van der Waals surface area contributed by atoms with Gasteiger partial charge in [-0.05, 0) is 43.5 Å². The van der Waals surface area contributed by atoms with Crippen molar-refractivity contribution in [3.8, 4) is 12.3 Å². The Morgan fingerprint density at radius 3 is 2.80 bits per heavy atom. The van der Waals surface area contributed by atoms with Crippen LogP contribution in [0, 0.1) is 18.3 Å². The fourth-order valence-corrected chi connectivity index (χ4v) is 3.61. The van der Waals surface area contributed by atoms with E-state index in [1.165, 1.54) is 4.31 Å². The highest BCUT2D eigenvalue weighted by atomic mass is 32.2. The predicted molar refractivity (Wildman–Crippen MR) is 79.5 cm³/mol. The minimum Gasteiger partial charge on any atom is -0.316 e. The van der Waals surface area contributed by atoms with Gasteiger partial charge in [-0.1, -0.05) is 18.1 Å². The molecule has 4 nitrogen and oxygen atoms in total. The first-order valence-corrected chi connectivity index (χ1v) is 8.19. The first-order chi connectivity index (χ1) is 9.57. The Morgan fingerprint density at radius 2 is 2.20 bits per heavy atom. The van der Waals surface area contributed by atoms with Gasteiger partial charge in [0.1, 0.15) is 0 Å². The maximum Gasteiger partial charge on any atom is 0.243 e. The first kappa shape index (κ1) is 15.0. The van der Waals surface area contributed by atoms with E-state index in [0.717, 1.165) is 18.4 Å². The van der Waals surface area contributed by atoms with Gasteiger partial charge in [-0.2, -0.15) is 4.31 Å². The lowest BCUT2D eigenvalue weighted by atomic mass is 10.2. The standard InChI is InChI=1S/C15H20N2O2S/c1-3-9-17(12-13-7-8-13)20(18,19)15-6-4-5-14(10-15)11-16-2/h1,4-6,10,13,16H,7-9,11-12H2,2H3. The summed E-state index contributed by atoms with van der Waals surface area (Å²) in [6, 6.07) is 7.01. The van der Waals surface area contributed by atoms with Gasteiger partial charge in [-0.15, -0.1) is 6.42 Å². The van der Waals surface area contributed by atoms with Crippen LogP contribution >= 0.6 is 0 Å². The van der Waals surface area contributed by atoms with Gasteiger partial charge in [-0.25, -0.2) is 8.42 Å². The van der Waals surface area contributed by atoms with Crippen molar-refractivity contribution < 1.29 is 8.42 Å². The number of terminal acetylenes is 1. The molecule has 1 aliphatic rings. The van der Waals surface area contributed by atoms with Gasteiger partial charge < -0.3 is 5.32 Å². The third-order valence-corrected chi connectivity index (χ3v) is 5.15. The number of hydrogen-bond donors (Lipinski definition) is 1. The monoisotopic (exact) mass is 292 g/mol. The molecule has 1 aromatic rings. The molecule has 0 bridgehead atoms. The van der Waals surface area contributed by atoms with Crippen LogP contribution in [0.4, 0.5) is 0 Å². The fraction of sp³-hybridized carbons (Fsp3) is 0.467. The maximum atomic E-state index is 12.7. The minimum absolute atomic E-state index is 0.134. The molecule has 0 saturated heterocycles. The van der Waals surface area contributed by atoms with Crippen molar-refractivity contribution in [1.82, 2.24) is 9.62 Å². The van der Waals surface area contributed by atoms with E-state index in [9.17, 15) is 8.42 Å². The fourth-order valence-electron chi connectivity index (χ4n) is 2.11. The number of benzene rings is 1. The minimum atomic E-state index is -3.50. The van der Waals surface area contributed by atoms with Crippen LogP contribution in [0.1, 0.15) is 18.4 Å². The molecule has 0 spiro atoms. The van der Waals surface area contributed by atoms with E-state index in [2.05, 4.69) is 11.2 Å². The molecular weight excluding hydrogens is 272 g/mol. The van der Waals surface area contributed by atoms with Gasteiger partial charge in [0.2, 0.25) is 10.0 Å². The molecule has 0 aromatic heterocycles. The van der Waals surface area contributed by atoms with Gasteiger partial charge in [0.25, 0.3) is 0 Å². The molecule has 0 radical (unpaired) electrons. The topological polar surface area (TPSA) is 49.4 Å². The zero-order valence-corrected chi connectivity index (χ0v) is 12.5. The van der Waals surface area contributed by atoms with Crippen molar-refractivity contribution in [2.75, 3.05) is 20.1 Å². The Labute approximate surface area is 121 Å². The number of hydrogen-bond acceptors (Lipinski definition) is 3. The summed E-state index contributed by atoms with van der Waals surface area (Å²) < 4.78 is 26.7. The molecule has 20 heavy (non-hydrogen) atoms. The van der Waals surface area contributed by atoms with Crippen molar-refractivity contribution in [2.24, 2.45) is 5.92 Å². The molecule has 1 fully saturated rings. The Kier molecular flexibility index (Phi) is 4.81. The van der Waals surface area contributed by atoms with E-state index in [1.807, 2.05) is 13.1 Å². The van der Waals surface area contributed by atoms with Gasteiger partial charge in [0.05, 0.1) is 11.4 Å². The lowest BCUT2D eigenvalue weighted by molar-refractivity contribution is 0.430. The molecule has 0 aliphatic heterocycles. The first-order valence-electron chi connectivity index (χ1n) is 6.75. The Bertz CT molecular complexity index is 601. The maximum absolute atomic E-state index is 12.7. The normalized spacial score (nSPS) is 15.2. The van der Waals surface area contributed by atoms with Crippen molar-refractivity contribution in [3.63, 3.8) is 0 Å². The van der Waals surface area contributed by atoms with Crippen molar-refractivity contribution >= 4 is 10.0 Å². The van der Waals surface area contributed by atoms with Gasteiger partial charge in [-0.3, -0.25) is 0 Å². The molecule has 0 amide bonds. The molecular formula is C15H20N2O2S. The third-order valence-electron chi connectivity index (χ3n) is 3.34. The summed E-state index contributed by atoms with van der Waals surface area (Å²) in [4.78, 5) is 0.321. The Hall–Kier alpha value is -1.35. The summed E-state index contributed by atoms with van der Waals surface area (Å²) in [5.74, 6) is 2.92. The van der Waals surface area contributed by atoms with E-state index in [1.54, 1.807) is 18.2 Å². The van der Waals surface area contributed by atoms with Crippen LogP contribution < -0.4 is 5.32 Å². The van der Waals surface area contributed by atoms with Gasteiger partial charge >= 0.3 is 0 Å². The highest BCUT2D eigenvalue weighted by molar-refractivity contribution is 7.89. The molecule has 1 aliphatic carbocycles. The van der Waals surface area contributed by atoms with Crippen LogP contribution in [-0.4, -0.2) is 32.9 Å². The number of rotatable bonds is 7. The van der Waals surface area contributed by atoms with Crippen LogP contribution in [0.2, 0.25) is 0 Å². The quantitative estimate of drug-likeness (QED) is 0.774. The highest BCUT2D eigenvalue weighted by Crippen LogP contribution is 2.31. The molecule has 5 heteroatoms. The van der Waals surface area contributed by atoms with Gasteiger partial charge in [0, 0.05) is 13.1 Å². The summed E-state index contributed by atoms with van der Waals surface area (Å²) in [5.41, 5.74) is 0.945. The smallest absolute Gasteiger partial charge is 0.243 e. The van der Waals surface area contributed by atoms with E-state index in [-0.39, 0.29) is 6.54 Å². The second-order valence-electron chi connectivity index (χ2n) is 5.12. The largest absolute Gasteiger partial charge is 0.316 e. The van der Waals surface area contributed by atoms with Crippen molar-refractivity contribution in [2.45, 2.75) is 24.3 Å². The van der Waals surface area contributed by atoms with Crippen molar-refractivity contribution in [3.05, 3.63) is 29.8 Å². The van der Waals surface area contributed by atoms with E-state index in [0.29, 0.717) is 23.9 Å². The van der Waals surface area contributed by atoms with Crippen molar-refractivity contribution in [1.29, 1.82) is 0 Å². The van der Waals surface area contributed by atoms with Crippen LogP contribution in [0.5, 0.6) is 0 Å². The molecule has 2 rings (SSSR count). The summed E-state index contributed by atoms with van der Waals surface area (Å²) >= 11 is 0. The molecule has 0 heterocycles. The lowest BCUT2D eigenvalue weighted by Gasteiger charge is -2.20. The summed E-state index contributed by atoms with van der Waals surface area (Å²) in [7, 11) is -1.66. The molecule has 108 valence electrons. The molecule has 1 aromatic carbocycles. The van der Waals surface area contributed by atoms with Crippen LogP contribution in [-0.2, 0) is 16.6 Å². The Morgan fingerprint density at radius 1 is 1.45 bits per heavy atom. The third kappa shape index (κ3) is 3.60. The zero-order chi connectivity index (χ0) is 14.6. The SMILES string of the molecule is C#CCN(CC1CC1)S(=O)(=O)c1cccc(CNC)c1. The van der Waals surface area contributed by atoms with E-state index in [4.69, 9.17) is 6.42 Å². The summed E-state index contributed by atoms with van der Waals surface area (Å²) in [6.45, 7) is 1.30. The van der Waals surface area contributed by atoms with Crippen LogP contribution in [0.3, 0.4) is 0 Å². The highest BCUT2D eigenvalue weighted by Gasteiger charge is 2.31. The number of nitrogens with one attached hydrogen (secondary N) is 1. The van der Waals surface area contributed by atoms with Crippen LogP contribution in [0.25, 0.3) is 0 Å². The second-order valence-corrected chi connectivity index (χ2v) is 7.06. The Balaban J connectivity index is 2.26. The average Bonchev–Trinajstić information content (AvgIpc) is 3.23. The lowest BCUT2D eigenvalue weighted by Crippen LogP contribution is -2.33. The van der Waals surface area contributed by atoms with Crippen LogP contribution in [0.15, 0.2) is 29.2 Å².